The molecule has 0 saturated carbocycles. The van der Waals surface area contributed by atoms with Crippen LogP contribution in [0.2, 0.25) is 0 Å². The fraction of sp³-hybridized carbons (Fsp3) is 0.909. The lowest BCUT2D eigenvalue weighted by Crippen LogP contribution is -2.03. The summed E-state index contributed by atoms with van der Waals surface area (Å²) < 4.78 is 0. The number of nitrogens with zero attached hydrogens (tertiary/aromatic N) is 1. The Bertz CT molecular complexity index is 148. The molecule has 0 heterocycles. The fourth-order valence-electron chi connectivity index (χ4n) is 1.43. The largest absolute Gasteiger partial charge is 0.242 e. The highest BCUT2D eigenvalue weighted by molar-refractivity contribution is 5.36. The van der Waals surface area contributed by atoms with Crippen molar-refractivity contribution >= 4 is 6.01 Å². The Morgan fingerprint density at radius 3 is 2.23 bits per heavy atom. The second-order valence-electron chi connectivity index (χ2n) is 3.53. The van der Waals surface area contributed by atoms with Gasteiger partial charge in [-0.15, -0.1) is 0 Å². The first-order valence-corrected chi connectivity index (χ1v) is 5.46. The molecule has 0 aliphatic heterocycles. The number of rotatable bonds is 8. The number of hydrogen-bond donors (Lipinski definition) is 1. The van der Waals surface area contributed by atoms with Crippen molar-refractivity contribution in [1.82, 2.24) is 0 Å². The van der Waals surface area contributed by atoms with Crippen molar-refractivity contribution in [3.63, 3.8) is 0 Å². The highest BCUT2D eigenvalue weighted by Gasteiger charge is 2.04. The van der Waals surface area contributed by atoms with Crippen LogP contribution in [0, 0.1) is 5.41 Å². The van der Waals surface area contributed by atoms with E-state index in [-0.39, 0.29) is 0 Å². The maximum Gasteiger partial charge on any atom is 0.0864 e. The molecule has 0 aromatic rings. The molecule has 13 heavy (non-hydrogen) atoms. The summed E-state index contributed by atoms with van der Waals surface area (Å²) in [6.07, 6.45) is 8.51. The fourth-order valence-corrected chi connectivity index (χ4v) is 1.43. The van der Waals surface area contributed by atoms with Gasteiger partial charge in [0.05, 0.1) is 12.1 Å². The Balaban J connectivity index is 3.60. The molecule has 0 aliphatic rings. The molecular weight excluding hydrogens is 160 g/mol. The molecule has 1 unspecified atom stereocenters. The van der Waals surface area contributed by atoms with Crippen LogP contribution in [0.3, 0.4) is 0 Å². The summed E-state index contributed by atoms with van der Waals surface area (Å²) in [7, 11) is 0. The third-order valence-corrected chi connectivity index (χ3v) is 2.28. The topological polar surface area (TPSA) is 36.2 Å². The van der Waals surface area contributed by atoms with Crippen molar-refractivity contribution in [2.24, 2.45) is 4.99 Å². The number of unbranched alkanes of at least 4 members (excludes halogenated alkanes) is 3. The van der Waals surface area contributed by atoms with Gasteiger partial charge in [0.1, 0.15) is 0 Å². The predicted octanol–water partition coefficient (Wildman–Crippen LogP) is 3.88. The SMILES string of the molecule is CCCCCC(CCCC)N=C=N. The van der Waals surface area contributed by atoms with Crippen molar-refractivity contribution in [3.8, 4) is 0 Å². The van der Waals surface area contributed by atoms with Crippen LogP contribution in [0.5, 0.6) is 0 Å². The van der Waals surface area contributed by atoms with Gasteiger partial charge in [-0.05, 0) is 12.8 Å². The minimum Gasteiger partial charge on any atom is -0.242 e. The number of nitrogens with one attached hydrogen (secondary N) is 1. The molecule has 0 spiro atoms. The van der Waals surface area contributed by atoms with Crippen molar-refractivity contribution in [1.29, 1.82) is 5.41 Å². The Morgan fingerprint density at radius 1 is 1.08 bits per heavy atom. The third-order valence-electron chi connectivity index (χ3n) is 2.28. The molecule has 2 nitrogen and oxygen atoms in total. The van der Waals surface area contributed by atoms with Crippen LogP contribution in [-0.2, 0) is 0 Å². The van der Waals surface area contributed by atoms with Gasteiger partial charge in [0.15, 0.2) is 0 Å². The second kappa shape index (κ2) is 9.47. The van der Waals surface area contributed by atoms with Gasteiger partial charge in [0.25, 0.3) is 0 Å². The van der Waals surface area contributed by atoms with E-state index in [1.165, 1.54) is 32.1 Å². The molecule has 2 heteroatoms. The van der Waals surface area contributed by atoms with Gasteiger partial charge in [0.2, 0.25) is 0 Å². The van der Waals surface area contributed by atoms with Crippen LogP contribution in [-0.4, -0.2) is 12.1 Å². The second-order valence-corrected chi connectivity index (χ2v) is 3.53. The van der Waals surface area contributed by atoms with E-state index in [2.05, 4.69) is 24.8 Å². The Kier molecular flexibility index (Phi) is 9.02. The average Bonchev–Trinajstić information content (AvgIpc) is 2.14. The normalized spacial score (nSPS) is 12.2. The first kappa shape index (κ1) is 12.4. The van der Waals surface area contributed by atoms with Crippen molar-refractivity contribution < 1.29 is 0 Å². The molecule has 0 bridgehead atoms. The van der Waals surface area contributed by atoms with E-state index >= 15 is 0 Å². The number of hydrogen-bond acceptors (Lipinski definition) is 2. The van der Waals surface area contributed by atoms with E-state index in [4.69, 9.17) is 5.41 Å². The first-order valence-electron chi connectivity index (χ1n) is 5.46. The highest BCUT2D eigenvalue weighted by atomic mass is 14.8. The molecule has 0 aromatic carbocycles. The molecule has 0 amide bonds. The van der Waals surface area contributed by atoms with E-state index < -0.39 is 0 Å². The Hall–Kier alpha value is -0.620. The van der Waals surface area contributed by atoms with Gasteiger partial charge in [0, 0.05) is 0 Å². The minimum atomic E-state index is 0.365. The summed E-state index contributed by atoms with van der Waals surface area (Å²) in [6.45, 7) is 4.40. The van der Waals surface area contributed by atoms with Crippen LogP contribution < -0.4 is 0 Å². The molecule has 0 aromatic heterocycles. The van der Waals surface area contributed by atoms with Gasteiger partial charge in [-0.25, -0.2) is 10.4 Å². The predicted molar refractivity (Wildman–Crippen MR) is 57.6 cm³/mol. The van der Waals surface area contributed by atoms with Crippen LogP contribution >= 0.6 is 0 Å². The standard InChI is InChI=1S/C11H22N2/c1-3-5-7-9-11(13-10-12)8-6-4-2/h11-12H,3-9H2,1-2H3. The molecule has 76 valence electrons. The minimum absolute atomic E-state index is 0.365. The zero-order valence-electron chi connectivity index (χ0n) is 8.97. The van der Waals surface area contributed by atoms with E-state index in [0.717, 1.165) is 12.8 Å². The van der Waals surface area contributed by atoms with Gasteiger partial charge in [-0.2, -0.15) is 0 Å². The molecule has 0 saturated heterocycles. The quantitative estimate of drug-likeness (QED) is 0.437. The van der Waals surface area contributed by atoms with Gasteiger partial charge >= 0.3 is 0 Å². The lowest BCUT2D eigenvalue weighted by atomic mass is 10.0. The number of aliphatic imine (C=N–C) groups is 1. The van der Waals surface area contributed by atoms with E-state index in [0.29, 0.717) is 6.04 Å². The van der Waals surface area contributed by atoms with Gasteiger partial charge < -0.3 is 0 Å². The maximum atomic E-state index is 6.83. The maximum absolute atomic E-state index is 6.83. The zero-order valence-corrected chi connectivity index (χ0v) is 8.97. The molecule has 0 fully saturated rings. The molecule has 1 N–H and O–H groups in total. The molecule has 0 radical (unpaired) electrons. The lowest BCUT2D eigenvalue weighted by Gasteiger charge is -2.09. The van der Waals surface area contributed by atoms with E-state index in [1.807, 2.05) is 0 Å². The summed E-state index contributed by atoms with van der Waals surface area (Å²) in [5, 5.41) is 6.83. The smallest absolute Gasteiger partial charge is 0.0864 e. The Labute approximate surface area is 82.0 Å². The van der Waals surface area contributed by atoms with Crippen LogP contribution in [0.25, 0.3) is 0 Å². The monoisotopic (exact) mass is 182 g/mol. The summed E-state index contributed by atoms with van der Waals surface area (Å²) in [5.41, 5.74) is 0. The summed E-state index contributed by atoms with van der Waals surface area (Å²) >= 11 is 0. The summed E-state index contributed by atoms with van der Waals surface area (Å²) in [6, 6.07) is 2.54. The third kappa shape index (κ3) is 7.73. The molecule has 0 aliphatic carbocycles. The molecular formula is C11H22N2. The van der Waals surface area contributed by atoms with Crippen LogP contribution in [0.4, 0.5) is 0 Å². The Morgan fingerprint density at radius 2 is 1.69 bits per heavy atom. The first-order chi connectivity index (χ1) is 6.35. The van der Waals surface area contributed by atoms with Crippen LogP contribution in [0.1, 0.15) is 58.8 Å². The van der Waals surface area contributed by atoms with E-state index in [9.17, 15) is 0 Å². The molecule has 0 rings (SSSR count). The van der Waals surface area contributed by atoms with Gasteiger partial charge in [-0.3, -0.25) is 0 Å². The van der Waals surface area contributed by atoms with Crippen molar-refractivity contribution in [2.45, 2.75) is 64.8 Å². The van der Waals surface area contributed by atoms with Crippen molar-refractivity contribution in [2.75, 3.05) is 0 Å². The lowest BCUT2D eigenvalue weighted by molar-refractivity contribution is 0.514. The average molecular weight is 182 g/mol. The summed E-state index contributed by atoms with van der Waals surface area (Å²) in [4.78, 5) is 4.05. The van der Waals surface area contributed by atoms with Gasteiger partial charge in [-0.1, -0.05) is 46.0 Å². The van der Waals surface area contributed by atoms with E-state index in [1.54, 1.807) is 0 Å². The van der Waals surface area contributed by atoms with Crippen molar-refractivity contribution in [3.05, 3.63) is 0 Å². The zero-order chi connectivity index (χ0) is 9.94. The highest BCUT2D eigenvalue weighted by Crippen LogP contribution is 2.12. The molecule has 1 atom stereocenters. The van der Waals surface area contributed by atoms with Crippen LogP contribution in [0.15, 0.2) is 4.99 Å². The summed E-state index contributed by atoms with van der Waals surface area (Å²) in [5.74, 6) is 0.